The van der Waals surface area contributed by atoms with Crippen molar-refractivity contribution in [1.82, 2.24) is 0 Å². The quantitative estimate of drug-likeness (QED) is 0.860. The molecule has 0 aliphatic heterocycles. The maximum Gasteiger partial charge on any atom is 0.159 e. The topological polar surface area (TPSA) is 26.0 Å². The summed E-state index contributed by atoms with van der Waals surface area (Å²) in [4.78, 5) is 0. The van der Waals surface area contributed by atoms with E-state index in [4.69, 9.17) is 5.73 Å². The van der Waals surface area contributed by atoms with Crippen LogP contribution in [-0.2, 0) is 6.42 Å². The molecule has 0 amide bonds. The Morgan fingerprint density at radius 3 is 2.40 bits per heavy atom. The van der Waals surface area contributed by atoms with Crippen LogP contribution < -0.4 is 5.73 Å². The van der Waals surface area contributed by atoms with Crippen LogP contribution in [0.15, 0.2) is 30.1 Å². The summed E-state index contributed by atoms with van der Waals surface area (Å²) in [7, 11) is 0. The highest BCUT2D eigenvalue weighted by atomic mass is 35.5. The van der Waals surface area contributed by atoms with Crippen molar-refractivity contribution in [2.24, 2.45) is 5.73 Å². The number of rotatable bonds is 3. The summed E-state index contributed by atoms with van der Waals surface area (Å²) in [6, 6.07) is 3.45. The highest BCUT2D eigenvalue weighted by Gasteiger charge is 2.04. The van der Waals surface area contributed by atoms with Gasteiger partial charge in [-0.1, -0.05) is 6.07 Å². The number of benzene rings is 1. The molecular weight excluding hydrogens is 227 g/mol. The molecule has 5 heteroatoms. The van der Waals surface area contributed by atoms with Crippen molar-refractivity contribution in [3.05, 3.63) is 47.3 Å². The first-order valence-electron chi connectivity index (χ1n) is 4.09. The highest BCUT2D eigenvalue weighted by molar-refractivity contribution is 5.85. The molecule has 0 bridgehead atoms. The summed E-state index contributed by atoms with van der Waals surface area (Å²) in [6.45, 7) is 0.0650. The van der Waals surface area contributed by atoms with Crippen molar-refractivity contribution in [3.8, 4) is 0 Å². The maximum atomic E-state index is 12.7. The Labute approximate surface area is 92.2 Å². The molecule has 84 valence electrons. The summed E-state index contributed by atoms with van der Waals surface area (Å²) in [5.74, 6) is -1.84. The van der Waals surface area contributed by atoms with Crippen molar-refractivity contribution in [3.63, 3.8) is 0 Å². The highest BCUT2D eigenvalue weighted by Crippen LogP contribution is 2.12. The minimum Gasteiger partial charge on any atom is -0.327 e. The monoisotopic (exact) mass is 237 g/mol. The molecule has 0 spiro atoms. The SMILES string of the molecule is Cl.NCC(=CF)Cc1ccc(F)c(F)c1. The van der Waals surface area contributed by atoms with Crippen molar-refractivity contribution in [1.29, 1.82) is 0 Å². The summed E-state index contributed by atoms with van der Waals surface area (Å²) in [5.41, 5.74) is 6.06. The van der Waals surface area contributed by atoms with Gasteiger partial charge in [0.1, 0.15) is 0 Å². The molecule has 1 aromatic rings. The molecule has 0 aromatic heterocycles. The molecule has 0 unspecified atom stereocenters. The molecule has 15 heavy (non-hydrogen) atoms. The van der Waals surface area contributed by atoms with Gasteiger partial charge < -0.3 is 5.73 Å². The molecule has 1 nitrogen and oxygen atoms in total. The second kappa shape index (κ2) is 6.48. The Kier molecular flexibility index (Phi) is 6.05. The lowest BCUT2D eigenvalue weighted by atomic mass is 10.1. The molecule has 0 saturated carbocycles. The van der Waals surface area contributed by atoms with E-state index in [1.54, 1.807) is 0 Å². The van der Waals surface area contributed by atoms with Gasteiger partial charge in [-0.05, 0) is 29.7 Å². The lowest BCUT2D eigenvalue weighted by molar-refractivity contribution is 0.507. The van der Waals surface area contributed by atoms with E-state index >= 15 is 0 Å². The van der Waals surface area contributed by atoms with Crippen molar-refractivity contribution in [2.45, 2.75) is 6.42 Å². The van der Waals surface area contributed by atoms with Crippen LogP contribution in [0.3, 0.4) is 0 Å². The Morgan fingerprint density at radius 2 is 1.93 bits per heavy atom. The fourth-order valence-corrected chi connectivity index (χ4v) is 1.07. The molecule has 0 radical (unpaired) electrons. The normalized spacial score (nSPS) is 11.1. The van der Waals surface area contributed by atoms with Gasteiger partial charge in [0.15, 0.2) is 11.6 Å². The number of halogens is 4. The Bertz CT molecular complexity index is 353. The fraction of sp³-hybridized carbons (Fsp3) is 0.200. The van der Waals surface area contributed by atoms with Gasteiger partial charge in [0.05, 0.1) is 6.33 Å². The van der Waals surface area contributed by atoms with Crippen LogP contribution in [0.25, 0.3) is 0 Å². The smallest absolute Gasteiger partial charge is 0.159 e. The van der Waals surface area contributed by atoms with Crippen LogP contribution in [0, 0.1) is 11.6 Å². The molecule has 0 saturated heterocycles. The number of hydrogen-bond donors (Lipinski definition) is 1. The van der Waals surface area contributed by atoms with Gasteiger partial charge >= 0.3 is 0 Å². The van der Waals surface area contributed by atoms with Crippen LogP contribution in [0.1, 0.15) is 5.56 Å². The van der Waals surface area contributed by atoms with Gasteiger partial charge in [-0.2, -0.15) is 0 Å². The molecular formula is C10H11ClF3N. The molecule has 0 aliphatic carbocycles. The van der Waals surface area contributed by atoms with Gasteiger partial charge in [-0.3, -0.25) is 0 Å². The molecule has 0 fully saturated rings. The summed E-state index contributed by atoms with van der Waals surface area (Å²) < 4.78 is 37.3. The van der Waals surface area contributed by atoms with Gasteiger partial charge in [0.2, 0.25) is 0 Å². The predicted molar refractivity (Wildman–Crippen MR) is 55.6 cm³/mol. The van der Waals surface area contributed by atoms with E-state index in [1.165, 1.54) is 6.07 Å². The molecule has 0 heterocycles. The largest absolute Gasteiger partial charge is 0.327 e. The van der Waals surface area contributed by atoms with Crippen LogP contribution in [-0.4, -0.2) is 6.54 Å². The van der Waals surface area contributed by atoms with E-state index < -0.39 is 11.6 Å². The average molecular weight is 238 g/mol. The third kappa shape index (κ3) is 3.93. The van der Waals surface area contributed by atoms with E-state index in [2.05, 4.69) is 0 Å². The lowest BCUT2D eigenvalue weighted by Crippen LogP contribution is -2.05. The summed E-state index contributed by atoms with van der Waals surface area (Å²) in [6.07, 6.45) is 0.589. The number of nitrogens with two attached hydrogens (primary N) is 1. The molecule has 2 N–H and O–H groups in total. The van der Waals surface area contributed by atoms with E-state index in [1.807, 2.05) is 0 Å². The van der Waals surface area contributed by atoms with E-state index in [0.29, 0.717) is 17.5 Å². The van der Waals surface area contributed by atoms with Gasteiger partial charge in [0, 0.05) is 6.54 Å². The first-order valence-corrected chi connectivity index (χ1v) is 4.09. The molecule has 0 aliphatic rings. The van der Waals surface area contributed by atoms with Crippen molar-refractivity contribution >= 4 is 12.4 Å². The van der Waals surface area contributed by atoms with Crippen LogP contribution in [0.4, 0.5) is 13.2 Å². The van der Waals surface area contributed by atoms with E-state index in [-0.39, 0.29) is 25.4 Å². The van der Waals surface area contributed by atoms with Crippen LogP contribution in [0.2, 0.25) is 0 Å². The van der Waals surface area contributed by atoms with Crippen molar-refractivity contribution < 1.29 is 13.2 Å². The van der Waals surface area contributed by atoms with Gasteiger partial charge in [-0.25, -0.2) is 13.2 Å². The maximum absolute atomic E-state index is 12.7. The first kappa shape index (κ1) is 14.0. The fourth-order valence-electron chi connectivity index (χ4n) is 1.07. The molecule has 1 aromatic carbocycles. The Hall–Kier alpha value is -1.00. The second-order valence-corrected chi connectivity index (χ2v) is 2.90. The zero-order valence-electron chi connectivity index (χ0n) is 7.84. The first-order chi connectivity index (χ1) is 6.67. The second-order valence-electron chi connectivity index (χ2n) is 2.90. The molecule has 0 atom stereocenters. The minimum absolute atomic E-state index is 0. The van der Waals surface area contributed by atoms with Gasteiger partial charge in [0.25, 0.3) is 0 Å². The zero-order valence-corrected chi connectivity index (χ0v) is 8.66. The standard InChI is InChI=1S/C10H10F3N.ClH/c11-5-8(6-14)3-7-1-2-9(12)10(13)4-7;/h1-2,4-5H,3,6,14H2;1H. The lowest BCUT2D eigenvalue weighted by Gasteiger charge is -2.03. The van der Waals surface area contributed by atoms with Crippen molar-refractivity contribution in [2.75, 3.05) is 6.54 Å². The van der Waals surface area contributed by atoms with Gasteiger partial charge in [-0.15, -0.1) is 12.4 Å². The van der Waals surface area contributed by atoms with E-state index in [9.17, 15) is 13.2 Å². The third-order valence-electron chi connectivity index (χ3n) is 1.83. The Balaban J connectivity index is 0.00000196. The Morgan fingerprint density at radius 1 is 1.27 bits per heavy atom. The minimum atomic E-state index is -0.933. The summed E-state index contributed by atoms with van der Waals surface area (Å²) >= 11 is 0. The predicted octanol–water partition coefficient (Wildman–Crippen LogP) is 2.74. The summed E-state index contributed by atoms with van der Waals surface area (Å²) in [5, 5.41) is 0. The zero-order chi connectivity index (χ0) is 10.6. The average Bonchev–Trinajstić information content (AvgIpc) is 2.19. The number of hydrogen-bond acceptors (Lipinski definition) is 1. The van der Waals surface area contributed by atoms with Crippen LogP contribution in [0.5, 0.6) is 0 Å². The third-order valence-corrected chi connectivity index (χ3v) is 1.83. The van der Waals surface area contributed by atoms with E-state index in [0.717, 1.165) is 12.1 Å². The van der Waals surface area contributed by atoms with Crippen LogP contribution >= 0.6 is 12.4 Å². The molecule has 1 rings (SSSR count).